The van der Waals surface area contributed by atoms with E-state index in [1.807, 2.05) is 38.2 Å². The Labute approximate surface area is 193 Å². The Kier molecular flexibility index (Phi) is 6.83. The van der Waals surface area contributed by atoms with Crippen LogP contribution < -0.4 is 4.74 Å². The first-order valence-electron chi connectivity index (χ1n) is 10.2. The minimum atomic E-state index is -0.110. The summed E-state index contributed by atoms with van der Waals surface area (Å²) in [5, 5.41) is 0.614. The van der Waals surface area contributed by atoms with Crippen LogP contribution in [-0.4, -0.2) is 56.7 Å². The van der Waals surface area contributed by atoms with Crippen LogP contribution in [0.1, 0.15) is 19.4 Å². The van der Waals surface area contributed by atoms with Gasteiger partial charge in [0.15, 0.2) is 0 Å². The molecule has 2 aromatic carbocycles. The first-order valence-corrected chi connectivity index (χ1v) is 12.3. The molecule has 0 saturated carbocycles. The number of carbonyl (C=O) groups is 1. The van der Waals surface area contributed by atoms with Crippen molar-refractivity contribution in [2.24, 2.45) is 5.92 Å². The molecule has 0 spiro atoms. The number of esters is 1. The second-order valence-electron chi connectivity index (χ2n) is 7.95. The van der Waals surface area contributed by atoms with Crippen LogP contribution in [-0.2, 0) is 16.1 Å². The molecule has 2 heterocycles. The van der Waals surface area contributed by atoms with Crippen molar-refractivity contribution in [3.63, 3.8) is 0 Å². The maximum absolute atomic E-state index is 11.5. The van der Waals surface area contributed by atoms with Crippen LogP contribution >= 0.6 is 11.6 Å². The summed E-state index contributed by atoms with van der Waals surface area (Å²) in [5.74, 6) is 0.613. The van der Waals surface area contributed by atoms with Crippen LogP contribution in [0.2, 0.25) is 5.02 Å². The average molecular weight is 504 g/mol. The van der Waals surface area contributed by atoms with Crippen LogP contribution in [0.4, 0.5) is 0 Å². The number of ether oxygens (including phenoxy) is 2. The summed E-state index contributed by atoms with van der Waals surface area (Å²) in [6.07, 6.45) is 2.05. The van der Waals surface area contributed by atoms with Crippen LogP contribution in [0.15, 0.2) is 48.7 Å². The Hall–Kier alpha value is -2.11. The number of likely N-dealkylation sites (tertiary alicyclic amines) is 1. The maximum atomic E-state index is 11.5. The standard InChI is InChI=1S/C24H25ClN2O3Se/c1-15(2)30-21-9-8-18(10-20(21)25)23-26-11-22(31-23)17-6-4-16(5-7-17)12-27-13-19(14-27)24(28)29-3/h4-11,15,19H,12-14H2,1-3H3. The quantitative estimate of drug-likeness (QED) is 0.350. The number of benzene rings is 2. The van der Waals surface area contributed by atoms with Gasteiger partial charge < -0.3 is 0 Å². The van der Waals surface area contributed by atoms with Crippen molar-refractivity contribution < 1.29 is 14.3 Å². The zero-order valence-electron chi connectivity index (χ0n) is 17.8. The van der Waals surface area contributed by atoms with Gasteiger partial charge in [-0.25, -0.2) is 0 Å². The van der Waals surface area contributed by atoms with E-state index in [0.29, 0.717) is 10.8 Å². The van der Waals surface area contributed by atoms with Crippen molar-refractivity contribution in [2.75, 3.05) is 20.2 Å². The van der Waals surface area contributed by atoms with E-state index in [1.54, 1.807) is 0 Å². The number of hydrogen-bond donors (Lipinski definition) is 0. The molecule has 1 saturated heterocycles. The third-order valence-electron chi connectivity index (χ3n) is 5.18. The van der Waals surface area contributed by atoms with Gasteiger partial charge in [0.25, 0.3) is 0 Å². The number of rotatable bonds is 7. The zero-order valence-corrected chi connectivity index (χ0v) is 20.3. The Morgan fingerprint density at radius 1 is 1.19 bits per heavy atom. The molecule has 7 heteroatoms. The Morgan fingerprint density at radius 3 is 2.55 bits per heavy atom. The van der Waals surface area contributed by atoms with Crippen molar-refractivity contribution in [3.8, 4) is 25.9 Å². The van der Waals surface area contributed by atoms with E-state index in [0.717, 1.165) is 29.8 Å². The fourth-order valence-electron chi connectivity index (χ4n) is 3.57. The summed E-state index contributed by atoms with van der Waals surface area (Å²) in [6, 6.07) is 14.5. The molecule has 162 valence electrons. The average Bonchev–Trinajstić information content (AvgIpc) is 3.22. The van der Waals surface area contributed by atoms with Gasteiger partial charge in [0.1, 0.15) is 0 Å². The molecule has 0 aliphatic carbocycles. The number of halogens is 1. The molecule has 0 amide bonds. The van der Waals surface area contributed by atoms with Crippen molar-refractivity contribution in [3.05, 3.63) is 59.2 Å². The predicted molar refractivity (Wildman–Crippen MR) is 124 cm³/mol. The molecule has 0 bridgehead atoms. The number of aromatic nitrogens is 1. The monoisotopic (exact) mass is 504 g/mol. The van der Waals surface area contributed by atoms with Gasteiger partial charge >= 0.3 is 194 Å². The van der Waals surface area contributed by atoms with E-state index in [1.165, 1.54) is 22.7 Å². The fraction of sp³-hybridized carbons (Fsp3) is 0.333. The van der Waals surface area contributed by atoms with Gasteiger partial charge in [-0.15, -0.1) is 0 Å². The molecule has 0 radical (unpaired) electrons. The third-order valence-corrected chi connectivity index (χ3v) is 7.78. The van der Waals surface area contributed by atoms with E-state index in [-0.39, 0.29) is 32.5 Å². The normalized spacial score (nSPS) is 14.5. The molecule has 0 unspecified atom stereocenters. The molecule has 31 heavy (non-hydrogen) atoms. The van der Waals surface area contributed by atoms with E-state index in [9.17, 15) is 4.79 Å². The number of carbonyl (C=O) groups excluding carboxylic acids is 1. The number of nitrogens with zero attached hydrogens (tertiary/aromatic N) is 2. The van der Waals surface area contributed by atoms with Gasteiger partial charge in [0, 0.05) is 0 Å². The molecule has 1 fully saturated rings. The molecule has 1 aliphatic rings. The van der Waals surface area contributed by atoms with Gasteiger partial charge in [-0.2, -0.15) is 0 Å². The summed E-state index contributed by atoms with van der Waals surface area (Å²) in [4.78, 5) is 18.4. The topological polar surface area (TPSA) is 51.7 Å². The van der Waals surface area contributed by atoms with Crippen LogP contribution in [0.5, 0.6) is 5.75 Å². The summed E-state index contributed by atoms with van der Waals surface area (Å²) >= 11 is 6.52. The second-order valence-corrected chi connectivity index (χ2v) is 10.5. The van der Waals surface area contributed by atoms with E-state index >= 15 is 0 Å². The zero-order chi connectivity index (χ0) is 22.0. The minimum absolute atomic E-state index is 0.0192. The Morgan fingerprint density at radius 2 is 1.90 bits per heavy atom. The summed E-state index contributed by atoms with van der Waals surface area (Å²) in [5.41, 5.74) is 3.48. The van der Waals surface area contributed by atoms with E-state index in [2.05, 4.69) is 34.1 Å². The van der Waals surface area contributed by atoms with Gasteiger partial charge in [0.05, 0.1) is 0 Å². The molecule has 0 atom stereocenters. The molecule has 5 nitrogen and oxygen atoms in total. The van der Waals surface area contributed by atoms with Crippen molar-refractivity contribution in [1.29, 1.82) is 0 Å². The first-order chi connectivity index (χ1) is 14.9. The van der Waals surface area contributed by atoms with Crippen molar-refractivity contribution >= 4 is 32.1 Å². The van der Waals surface area contributed by atoms with Crippen molar-refractivity contribution in [2.45, 2.75) is 26.5 Å². The molecular weight excluding hydrogens is 479 g/mol. The third kappa shape index (κ3) is 5.21. The number of methoxy groups -OCH3 is 1. The van der Waals surface area contributed by atoms with Gasteiger partial charge in [-0.05, 0) is 0 Å². The predicted octanol–water partition coefficient (Wildman–Crippen LogP) is 4.52. The Balaban J connectivity index is 1.40. The van der Waals surface area contributed by atoms with Crippen LogP contribution in [0.3, 0.4) is 0 Å². The van der Waals surface area contributed by atoms with Gasteiger partial charge in [-0.1, -0.05) is 0 Å². The van der Waals surface area contributed by atoms with E-state index in [4.69, 9.17) is 21.1 Å². The molecule has 3 aromatic rings. The van der Waals surface area contributed by atoms with Crippen molar-refractivity contribution in [1.82, 2.24) is 9.88 Å². The molecule has 4 rings (SSSR count). The molecule has 0 N–H and O–H groups in total. The first kappa shape index (κ1) is 22.1. The SMILES string of the molecule is COC(=O)C1CN(Cc2ccc(-c3cnc(-c4ccc(OC(C)C)c(Cl)c4)[se]3)cc2)C1. The second kappa shape index (κ2) is 9.58. The molecule has 1 aromatic heterocycles. The van der Waals surface area contributed by atoms with Crippen LogP contribution in [0, 0.1) is 5.92 Å². The molecule has 1 aliphatic heterocycles. The number of hydrogen-bond acceptors (Lipinski definition) is 5. The summed E-state index contributed by atoms with van der Waals surface area (Å²) in [6.45, 7) is 6.35. The summed E-state index contributed by atoms with van der Waals surface area (Å²) < 4.78 is 12.8. The van der Waals surface area contributed by atoms with Gasteiger partial charge in [-0.3, -0.25) is 0 Å². The molecular formula is C24H25ClN2O3Se. The van der Waals surface area contributed by atoms with E-state index < -0.39 is 0 Å². The fourth-order valence-corrected chi connectivity index (χ4v) is 5.72. The van der Waals surface area contributed by atoms with Gasteiger partial charge in [0.2, 0.25) is 0 Å². The summed E-state index contributed by atoms with van der Waals surface area (Å²) in [7, 11) is 1.45. The van der Waals surface area contributed by atoms with Crippen LogP contribution in [0.25, 0.3) is 20.1 Å². The Bertz CT molecular complexity index is 1060.